The number of ether oxygens (including phenoxy) is 2. The molecule has 1 unspecified atom stereocenters. The number of nitrogens with one attached hydrogen (secondary N) is 1. The van der Waals surface area contributed by atoms with Crippen molar-refractivity contribution in [2.75, 3.05) is 19.8 Å². The summed E-state index contributed by atoms with van der Waals surface area (Å²) in [7, 11) is 0. The van der Waals surface area contributed by atoms with Crippen molar-refractivity contribution in [1.82, 2.24) is 5.32 Å². The Labute approximate surface area is 108 Å². The number of hydrogen-bond donors (Lipinski definition) is 1. The Morgan fingerprint density at radius 2 is 2.00 bits per heavy atom. The van der Waals surface area contributed by atoms with Crippen LogP contribution in [0.25, 0.3) is 0 Å². The standard InChI is InChI=1S/C15H21NO2/c1-11(16-10-12-3-4-12)13-5-6-14-15(9-13)18-8-2-7-17-14/h5-6,9,11-12,16H,2-4,7-8,10H2,1H3. The van der Waals surface area contributed by atoms with Gasteiger partial charge >= 0.3 is 0 Å². The SMILES string of the molecule is CC(NCC1CC1)c1ccc2c(c1)OCCCO2. The fourth-order valence-electron chi connectivity index (χ4n) is 2.23. The monoisotopic (exact) mass is 247 g/mol. The van der Waals surface area contributed by atoms with Crippen molar-refractivity contribution in [3.8, 4) is 11.5 Å². The molecule has 1 fully saturated rings. The minimum absolute atomic E-state index is 0.378. The summed E-state index contributed by atoms with van der Waals surface area (Å²) in [4.78, 5) is 0. The van der Waals surface area contributed by atoms with E-state index in [2.05, 4.69) is 24.4 Å². The van der Waals surface area contributed by atoms with Gasteiger partial charge in [-0.05, 0) is 49.9 Å². The van der Waals surface area contributed by atoms with Crippen LogP contribution in [0, 0.1) is 5.92 Å². The lowest BCUT2D eigenvalue weighted by molar-refractivity contribution is 0.297. The largest absolute Gasteiger partial charge is 0.490 e. The molecule has 3 heteroatoms. The van der Waals surface area contributed by atoms with E-state index in [-0.39, 0.29) is 0 Å². The van der Waals surface area contributed by atoms with E-state index in [0.29, 0.717) is 6.04 Å². The van der Waals surface area contributed by atoms with Gasteiger partial charge in [0.1, 0.15) is 0 Å². The third-order valence-electron chi connectivity index (χ3n) is 3.68. The first-order valence-corrected chi connectivity index (χ1v) is 6.96. The normalized spacial score (nSPS) is 20.3. The first-order valence-electron chi connectivity index (χ1n) is 6.96. The molecule has 1 N–H and O–H groups in total. The maximum atomic E-state index is 5.72. The number of benzene rings is 1. The highest BCUT2D eigenvalue weighted by atomic mass is 16.5. The quantitative estimate of drug-likeness (QED) is 0.887. The van der Waals surface area contributed by atoms with Crippen LogP contribution in [0.1, 0.15) is 37.8 Å². The van der Waals surface area contributed by atoms with Gasteiger partial charge in [0.2, 0.25) is 0 Å². The molecule has 0 spiro atoms. The zero-order valence-electron chi connectivity index (χ0n) is 10.9. The number of rotatable bonds is 4. The Morgan fingerprint density at radius 1 is 1.22 bits per heavy atom. The van der Waals surface area contributed by atoms with Crippen molar-refractivity contribution in [3.63, 3.8) is 0 Å². The van der Waals surface area contributed by atoms with Gasteiger partial charge in [0.05, 0.1) is 13.2 Å². The van der Waals surface area contributed by atoms with E-state index in [0.717, 1.165) is 43.6 Å². The third kappa shape index (κ3) is 2.78. The van der Waals surface area contributed by atoms with Gasteiger partial charge in [-0.1, -0.05) is 6.07 Å². The zero-order chi connectivity index (χ0) is 12.4. The van der Waals surface area contributed by atoms with Gasteiger partial charge < -0.3 is 14.8 Å². The molecule has 1 saturated carbocycles. The summed E-state index contributed by atoms with van der Waals surface area (Å²) in [6, 6.07) is 6.66. The molecule has 18 heavy (non-hydrogen) atoms. The summed E-state index contributed by atoms with van der Waals surface area (Å²) in [5, 5.41) is 3.59. The lowest BCUT2D eigenvalue weighted by atomic mass is 10.1. The molecule has 2 aliphatic rings. The third-order valence-corrected chi connectivity index (χ3v) is 3.68. The van der Waals surface area contributed by atoms with E-state index in [1.54, 1.807) is 0 Å². The lowest BCUT2D eigenvalue weighted by Gasteiger charge is -2.16. The molecule has 1 atom stereocenters. The molecule has 98 valence electrons. The predicted octanol–water partition coefficient (Wildman–Crippen LogP) is 2.91. The van der Waals surface area contributed by atoms with E-state index < -0.39 is 0 Å². The summed E-state index contributed by atoms with van der Waals surface area (Å²) < 4.78 is 11.4. The van der Waals surface area contributed by atoms with Crippen LogP contribution in [0.3, 0.4) is 0 Å². The van der Waals surface area contributed by atoms with Crippen molar-refractivity contribution in [2.24, 2.45) is 5.92 Å². The minimum Gasteiger partial charge on any atom is -0.490 e. The lowest BCUT2D eigenvalue weighted by Crippen LogP contribution is -2.21. The smallest absolute Gasteiger partial charge is 0.161 e. The summed E-state index contributed by atoms with van der Waals surface area (Å²) in [5.74, 6) is 2.68. The van der Waals surface area contributed by atoms with E-state index in [9.17, 15) is 0 Å². The number of fused-ring (bicyclic) bond motifs is 1. The summed E-state index contributed by atoms with van der Waals surface area (Å²) in [6.45, 7) is 4.85. The van der Waals surface area contributed by atoms with Gasteiger partial charge in [-0.15, -0.1) is 0 Å². The second kappa shape index (κ2) is 5.19. The molecule has 0 saturated heterocycles. The van der Waals surface area contributed by atoms with Gasteiger partial charge in [0.15, 0.2) is 11.5 Å². The Hall–Kier alpha value is -1.22. The Kier molecular flexibility index (Phi) is 3.41. The van der Waals surface area contributed by atoms with Crippen molar-refractivity contribution in [1.29, 1.82) is 0 Å². The van der Waals surface area contributed by atoms with Crippen molar-refractivity contribution >= 4 is 0 Å². The van der Waals surface area contributed by atoms with Crippen LogP contribution < -0.4 is 14.8 Å². The van der Waals surface area contributed by atoms with Crippen LogP contribution >= 0.6 is 0 Å². The van der Waals surface area contributed by atoms with Crippen LogP contribution in [0.4, 0.5) is 0 Å². The van der Waals surface area contributed by atoms with Crippen LogP contribution in [0.2, 0.25) is 0 Å². The van der Waals surface area contributed by atoms with Gasteiger partial charge in [-0.2, -0.15) is 0 Å². The molecule has 0 aromatic heterocycles. The molecule has 1 aliphatic heterocycles. The molecule has 0 amide bonds. The maximum Gasteiger partial charge on any atom is 0.161 e. The average Bonchev–Trinajstić information content (AvgIpc) is 3.21. The van der Waals surface area contributed by atoms with Crippen LogP contribution in [-0.4, -0.2) is 19.8 Å². The van der Waals surface area contributed by atoms with Gasteiger partial charge in [-0.25, -0.2) is 0 Å². The Balaban J connectivity index is 1.69. The molecule has 0 bridgehead atoms. The molecule has 3 nitrogen and oxygen atoms in total. The van der Waals surface area contributed by atoms with E-state index in [4.69, 9.17) is 9.47 Å². The average molecular weight is 247 g/mol. The van der Waals surface area contributed by atoms with Gasteiger partial charge in [-0.3, -0.25) is 0 Å². The summed E-state index contributed by atoms with van der Waals surface area (Å²) >= 11 is 0. The Bertz CT molecular complexity index is 415. The molecule has 1 heterocycles. The van der Waals surface area contributed by atoms with Crippen LogP contribution in [-0.2, 0) is 0 Å². The first kappa shape index (κ1) is 11.8. The van der Waals surface area contributed by atoms with Crippen molar-refractivity contribution in [2.45, 2.75) is 32.2 Å². The second-order valence-corrected chi connectivity index (χ2v) is 5.33. The molecule has 1 aromatic carbocycles. The van der Waals surface area contributed by atoms with E-state index in [1.165, 1.54) is 18.4 Å². The van der Waals surface area contributed by atoms with Crippen LogP contribution in [0.5, 0.6) is 11.5 Å². The Morgan fingerprint density at radius 3 is 2.78 bits per heavy atom. The molecule has 1 aliphatic carbocycles. The van der Waals surface area contributed by atoms with Crippen molar-refractivity contribution in [3.05, 3.63) is 23.8 Å². The maximum absolute atomic E-state index is 5.72. The van der Waals surface area contributed by atoms with Crippen molar-refractivity contribution < 1.29 is 9.47 Å². The van der Waals surface area contributed by atoms with Gasteiger partial charge in [0.25, 0.3) is 0 Å². The summed E-state index contributed by atoms with van der Waals surface area (Å²) in [6.07, 6.45) is 3.74. The van der Waals surface area contributed by atoms with E-state index >= 15 is 0 Å². The fraction of sp³-hybridized carbons (Fsp3) is 0.600. The first-order chi connectivity index (χ1) is 8.83. The van der Waals surface area contributed by atoms with Crippen LogP contribution in [0.15, 0.2) is 18.2 Å². The minimum atomic E-state index is 0.378. The molecule has 1 aromatic rings. The highest BCUT2D eigenvalue weighted by Crippen LogP contribution is 2.33. The fourth-order valence-corrected chi connectivity index (χ4v) is 2.23. The summed E-state index contributed by atoms with van der Waals surface area (Å²) in [5.41, 5.74) is 1.28. The van der Waals surface area contributed by atoms with Gasteiger partial charge in [0, 0.05) is 12.5 Å². The number of hydrogen-bond acceptors (Lipinski definition) is 3. The predicted molar refractivity (Wildman–Crippen MR) is 71.2 cm³/mol. The highest BCUT2D eigenvalue weighted by Gasteiger charge is 2.22. The second-order valence-electron chi connectivity index (χ2n) is 5.33. The molecular weight excluding hydrogens is 226 g/mol. The highest BCUT2D eigenvalue weighted by molar-refractivity contribution is 5.44. The van der Waals surface area contributed by atoms with E-state index in [1.807, 2.05) is 6.07 Å². The molecule has 0 radical (unpaired) electrons. The molecular formula is C15H21NO2. The molecule has 3 rings (SSSR count). The topological polar surface area (TPSA) is 30.5 Å². The zero-order valence-corrected chi connectivity index (χ0v) is 10.9.